The quantitative estimate of drug-likeness (QED) is 0.680. The maximum atomic E-state index is 11.3. The molecule has 0 aliphatic carbocycles. The number of ketones is 1. The normalized spacial score (nSPS) is 11.5. The van der Waals surface area contributed by atoms with Gasteiger partial charge in [-0.3, -0.25) is 4.79 Å². The molecule has 27 heavy (non-hydrogen) atoms. The third-order valence-corrected chi connectivity index (χ3v) is 4.78. The molecule has 2 aromatic carbocycles. The highest BCUT2D eigenvalue weighted by Crippen LogP contribution is 2.20. The number of carbonyl (C=O) groups excluding carboxylic acids is 1. The maximum absolute atomic E-state index is 11.3. The van der Waals surface area contributed by atoms with Gasteiger partial charge < -0.3 is 5.32 Å². The van der Waals surface area contributed by atoms with Gasteiger partial charge in [-0.1, -0.05) is 48.4 Å². The fourth-order valence-electron chi connectivity index (χ4n) is 3.24. The van der Waals surface area contributed by atoms with E-state index in [0.717, 1.165) is 41.8 Å². The van der Waals surface area contributed by atoms with Gasteiger partial charge in [0.05, 0.1) is 5.70 Å². The average Bonchev–Trinajstić information content (AvgIpc) is 2.66. The van der Waals surface area contributed by atoms with Crippen LogP contribution in [0.2, 0.25) is 0 Å². The van der Waals surface area contributed by atoms with Crippen LogP contribution in [0.25, 0.3) is 5.57 Å². The summed E-state index contributed by atoms with van der Waals surface area (Å²) in [5, 5.41) is 3.25. The highest BCUT2D eigenvalue weighted by atomic mass is 16.1. The number of aryl methyl sites for hydroxylation is 3. The van der Waals surface area contributed by atoms with E-state index >= 15 is 0 Å². The summed E-state index contributed by atoms with van der Waals surface area (Å²) in [6, 6.07) is 15.0. The summed E-state index contributed by atoms with van der Waals surface area (Å²) in [6.45, 7) is 8.64. The number of nitrogens with one attached hydrogen (secondary N) is 1. The molecule has 0 bridgehead atoms. The van der Waals surface area contributed by atoms with Crippen LogP contribution >= 0.6 is 0 Å². The molecule has 0 saturated heterocycles. The third kappa shape index (κ3) is 5.86. The van der Waals surface area contributed by atoms with Gasteiger partial charge in [0.1, 0.15) is 5.78 Å². The second-order valence-corrected chi connectivity index (χ2v) is 7.01. The summed E-state index contributed by atoms with van der Waals surface area (Å²) in [5.41, 5.74) is 8.03. The second-order valence-electron chi connectivity index (χ2n) is 7.01. The van der Waals surface area contributed by atoms with E-state index in [0.29, 0.717) is 6.42 Å². The Bertz CT molecular complexity index is 883. The first-order valence-corrected chi connectivity index (χ1v) is 9.53. The molecule has 0 aromatic heterocycles. The SMILES string of the molecule is C#C/C(NCC)=C(/C)c1cccc(CCc2ccc(CC(C)=O)c(C)c2)c1. The van der Waals surface area contributed by atoms with Crippen molar-refractivity contribution >= 4 is 11.4 Å². The van der Waals surface area contributed by atoms with Crippen molar-refractivity contribution in [1.82, 2.24) is 5.32 Å². The van der Waals surface area contributed by atoms with E-state index in [1.807, 2.05) is 6.92 Å². The number of allylic oxidation sites excluding steroid dienone is 2. The molecular formula is C25H29NO. The zero-order chi connectivity index (χ0) is 19.8. The minimum absolute atomic E-state index is 0.204. The minimum Gasteiger partial charge on any atom is -0.378 e. The fourth-order valence-corrected chi connectivity index (χ4v) is 3.24. The maximum Gasteiger partial charge on any atom is 0.134 e. The Kier molecular flexibility index (Phi) is 7.44. The Morgan fingerprint density at radius 3 is 2.37 bits per heavy atom. The molecule has 2 nitrogen and oxygen atoms in total. The van der Waals surface area contributed by atoms with Gasteiger partial charge in [-0.25, -0.2) is 0 Å². The highest BCUT2D eigenvalue weighted by Gasteiger charge is 2.06. The smallest absolute Gasteiger partial charge is 0.134 e. The van der Waals surface area contributed by atoms with Gasteiger partial charge in [0.25, 0.3) is 0 Å². The van der Waals surface area contributed by atoms with Gasteiger partial charge in [-0.2, -0.15) is 0 Å². The van der Waals surface area contributed by atoms with E-state index in [1.165, 1.54) is 16.7 Å². The molecule has 2 rings (SSSR count). The number of terminal acetylenes is 1. The molecule has 0 heterocycles. The molecule has 0 spiro atoms. The van der Waals surface area contributed by atoms with Crippen molar-refractivity contribution in [3.8, 4) is 12.3 Å². The molecule has 0 aliphatic rings. The van der Waals surface area contributed by atoms with E-state index < -0.39 is 0 Å². The fraction of sp³-hybridized carbons (Fsp3) is 0.320. The Morgan fingerprint density at radius 1 is 1.07 bits per heavy atom. The van der Waals surface area contributed by atoms with Crippen molar-refractivity contribution in [2.24, 2.45) is 0 Å². The van der Waals surface area contributed by atoms with Gasteiger partial charge in [0, 0.05) is 13.0 Å². The molecule has 0 saturated carbocycles. The van der Waals surface area contributed by atoms with Gasteiger partial charge in [-0.05, 0) is 73.9 Å². The van der Waals surface area contributed by atoms with Gasteiger partial charge >= 0.3 is 0 Å². The molecule has 0 aliphatic heterocycles. The van der Waals surface area contributed by atoms with E-state index in [1.54, 1.807) is 6.92 Å². The van der Waals surface area contributed by atoms with Gasteiger partial charge in [0.15, 0.2) is 0 Å². The van der Waals surface area contributed by atoms with Crippen molar-refractivity contribution in [3.05, 3.63) is 76.0 Å². The molecule has 140 valence electrons. The van der Waals surface area contributed by atoms with E-state index in [9.17, 15) is 4.79 Å². The van der Waals surface area contributed by atoms with Crippen molar-refractivity contribution in [2.75, 3.05) is 6.54 Å². The minimum atomic E-state index is 0.204. The zero-order valence-corrected chi connectivity index (χ0v) is 16.9. The highest BCUT2D eigenvalue weighted by molar-refractivity contribution is 5.78. The molecule has 2 heteroatoms. The number of Topliss-reactive ketones (excluding diaryl/α,β-unsaturated/α-hetero) is 1. The summed E-state index contributed by atoms with van der Waals surface area (Å²) in [5.74, 6) is 2.95. The lowest BCUT2D eigenvalue weighted by Gasteiger charge is -2.11. The van der Waals surface area contributed by atoms with Crippen LogP contribution in [0.15, 0.2) is 48.2 Å². The molecule has 1 N–H and O–H groups in total. The van der Waals surface area contributed by atoms with Gasteiger partial charge in [-0.15, -0.1) is 6.42 Å². The number of benzene rings is 2. The number of carbonyl (C=O) groups is 1. The molecular weight excluding hydrogens is 330 g/mol. The standard InChI is InChI=1S/C25H29NO/c1-6-25(26-7-2)20(5)24-10-8-9-21(17-24)11-12-22-13-14-23(16-19(4)27)18(3)15-22/h1,8-10,13-15,17,26H,7,11-12,16H2,2-5H3/b25-20+. The Labute approximate surface area is 163 Å². The van der Waals surface area contributed by atoms with Crippen LogP contribution in [-0.4, -0.2) is 12.3 Å². The van der Waals surface area contributed by atoms with Crippen LogP contribution in [-0.2, 0) is 24.1 Å². The van der Waals surface area contributed by atoms with E-state index in [-0.39, 0.29) is 5.78 Å². The van der Waals surface area contributed by atoms with E-state index in [4.69, 9.17) is 6.42 Å². The van der Waals surface area contributed by atoms with Crippen LogP contribution in [0.4, 0.5) is 0 Å². The van der Waals surface area contributed by atoms with Gasteiger partial charge in [0.2, 0.25) is 0 Å². The summed E-state index contributed by atoms with van der Waals surface area (Å²) in [7, 11) is 0. The number of hydrogen-bond acceptors (Lipinski definition) is 2. The average molecular weight is 360 g/mol. The molecule has 0 radical (unpaired) electrons. The van der Waals surface area contributed by atoms with Crippen molar-refractivity contribution in [3.63, 3.8) is 0 Å². The Hall–Kier alpha value is -2.79. The lowest BCUT2D eigenvalue weighted by atomic mass is 9.96. The molecule has 2 aromatic rings. The van der Waals surface area contributed by atoms with E-state index in [2.05, 4.69) is 67.5 Å². The van der Waals surface area contributed by atoms with Crippen LogP contribution in [0, 0.1) is 19.3 Å². The lowest BCUT2D eigenvalue weighted by Crippen LogP contribution is -2.12. The predicted octanol–water partition coefficient (Wildman–Crippen LogP) is 4.89. The summed E-state index contributed by atoms with van der Waals surface area (Å²) >= 11 is 0. The molecule has 0 amide bonds. The molecule has 0 unspecified atom stereocenters. The Morgan fingerprint density at radius 2 is 1.78 bits per heavy atom. The topological polar surface area (TPSA) is 29.1 Å². The van der Waals surface area contributed by atoms with Crippen molar-refractivity contribution < 1.29 is 4.79 Å². The second kappa shape index (κ2) is 9.78. The monoisotopic (exact) mass is 359 g/mol. The zero-order valence-electron chi connectivity index (χ0n) is 16.9. The van der Waals surface area contributed by atoms with Crippen LogP contribution in [0.3, 0.4) is 0 Å². The molecule has 0 fully saturated rings. The molecule has 0 atom stereocenters. The predicted molar refractivity (Wildman–Crippen MR) is 115 cm³/mol. The summed E-state index contributed by atoms with van der Waals surface area (Å²) in [4.78, 5) is 11.3. The van der Waals surface area contributed by atoms with Crippen LogP contribution in [0.1, 0.15) is 48.6 Å². The third-order valence-electron chi connectivity index (χ3n) is 4.78. The summed E-state index contributed by atoms with van der Waals surface area (Å²) in [6.07, 6.45) is 8.10. The Balaban J connectivity index is 2.12. The largest absolute Gasteiger partial charge is 0.378 e. The van der Waals surface area contributed by atoms with Crippen molar-refractivity contribution in [2.45, 2.75) is 47.0 Å². The number of hydrogen-bond donors (Lipinski definition) is 1. The van der Waals surface area contributed by atoms with Crippen LogP contribution in [0.5, 0.6) is 0 Å². The first-order chi connectivity index (χ1) is 12.9. The summed E-state index contributed by atoms with van der Waals surface area (Å²) < 4.78 is 0. The van der Waals surface area contributed by atoms with Crippen LogP contribution < -0.4 is 5.32 Å². The van der Waals surface area contributed by atoms with Crippen molar-refractivity contribution in [1.29, 1.82) is 0 Å². The number of rotatable bonds is 8. The first-order valence-electron chi connectivity index (χ1n) is 9.53. The first kappa shape index (κ1) is 20.5. The lowest BCUT2D eigenvalue weighted by molar-refractivity contribution is -0.116.